The molecule has 3 aromatic rings. The molecule has 8 heteroatoms. The first kappa shape index (κ1) is 20.1. The van der Waals surface area contributed by atoms with Crippen molar-refractivity contribution in [1.82, 2.24) is 9.88 Å². The summed E-state index contributed by atoms with van der Waals surface area (Å²) in [5.41, 5.74) is 7.88. The first-order valence-corrected chi connectivity index (χ1v) is 9.75. The highest BCUT2D eigenvalue weighted by atomic mass is 16.2. The topological polar surface area (TPSA) is 114 Å². The number of anilines is 1. The molecule has 3 N–H and O–H groups in total. The quantitative estimate of drug-likeness (QED) is 0.491. The van der Waals surface area contributed by atoms with Crippen LogP contribution in [0.25, 0.3) is 17.0 Å². The van der Waals surface area contributed by atoms with Gasteiger partial charge < -0.3 is 10.3 Å². The molecular formula is C23H20N4O4. The van der Waals surface area contributed by atoms with Crippen molar-refractivity contribution in [2.24, 2.45) is 5.73 Å². The number of hydrogen-bond acceptors (Lipinski definition) is 4. The minimum Gasteiger partial charge on any atom is -0.368 e. The molecule has 0 atom stereocenters. The molecule has 4 rings (SSSR count). The molecule has 0 bridgehead atoms. The maximum Gasteiger partial charge on any atom is 0.335 e. The summed E-state index contributed by atoms with van der Waals surface area (Å²) in [6.45, 7) is 1.96. The third kappa shape index (κ3) is 3.71. The molecule has 1 fully saturated rings. The van der Waals surface area contributed by atoms with E-state index in [0.717, 1.165) is 27.8 Å². The van der Waals surface area contributed by atoms with Crippen molar-refractivity contribution >= 4 is 46.4 Å². The number of aromatic nitrogens is 1. The Labute approximate surface area is 177 Å². The summed E-state index contributed by atoms with van der Waals surface area (Å²) >= 11 is 0. The van der Waals surface area contributed by atoms with Crippen molar-refractivity contribution in [3.63, 3.8) is 0 Å². The van der Waals surface area contributed by atoms with Crippen LogP contribution in [0.2, 0.25) is 0 Å². The third-order valence-electron chi connectivity index (χ3n) is 5.15. The molecule has 1 aromatic heterocycles. The Morgan fingerprint density at radius 2 is 1.77 bits per heavy atom. The Balaban J connectivity index is 1.78. The van der Waals surface area contributed by atoms with Gasteiger partial charge in [-0.2, -0.15) is 0 Å². The Morgan fingerprint density at radius 3 is 2.45 bits per heavy atom. The molecule has 1 aliphatic rings. The number of carbonyl (C=O) groups excluding carboxylic acids is 4. The maximum atomic E-state index is 13.1. The summed E-state index contributed by atoms with van der Waals surface area (Å²) in [5.74, 6) is -2.01. The van der Waals surface area contributed by atoms with Gasteiger partial charge in [0.2, 0.25) is 5.91 Å². The van der Waals surface area contributed by atoms with Crippen LogP contribution in [0, 0.1) is 0 Å². The van der Waals surface area contributed by atoms with Crippen molar-refractivity contribution in [1.29, 1.82) is 0 Å². The van der Waals surface area contributed by atoms with E-state index >= 15 is 0 Å². The highest BCUT2D eigenvalue weighted by Gasteiger charge is 2.37. The number of urea groups is 1. The number of fused-ring (bicyclic) bond motifs is 1. The minimum absolute atomic E-state index is 0.0434. The van der Waals surface area contributed by atoms with Gasteiger partial charge in [-0.25, -0.2) is 9.69 Å². The number of nitrogens with one attached hydrogen (secondary N) is 1. The van der Waals surface area contributed by atoms with Gasteiger partial charge in [0, 0.05) is 22.7 Å². The monoisotopic (exact) mass is 416 g/mol. The van der Waals surface area contributed by atoms with Gasteiger partial charge >= 0.3 is 6.03 Å². The van der Waals surface area contributed by atoms with Crippen LogP contribution >= 0.6 is 0 Å². The van der Waals surface area contributed by atoms with Crippen molar-refractivity contribution in [2.45, 2.75) is 19.9 Å². The Morgan fingerprint density at radius 1 is 1.06 bits per heavy atom. The van der Waals surface area contributed by atoms with Gasteiger partial charge in [0.1, 0.15) is 12.1 Å². The van der Waals surface area contributed by atoms with Gasteiger partial charge in [0.25, 0.3) is 11.8 Å². The molecule has 8 nitrogen and oxygen atoms in total. The van der Waals surface area contributed by atoms with Crippen molar-refractivity contribution in [2.75, 3.05) is 4.90 Å². The van der Waals surface area contributed by atoms with Gasteiger partial charge in [-0.05, 0) is 36.3 Å². The number of rotatable bonds is 5. The number of nitrogens with two attached hydrogens (primary N) is 1. The standard InChI is InChI=1S/C23H20N4O4/c1-2-14-7-9-16(10-8-14)27-22(30)18(21(29)25-23(27)31)11-15-12-26(13-20(24)28)19-6-4-3-5-17(15)19/h3-12H,2,13H2,1H3,(H2,24,28)(H,25,29,31). The number of nitrogens with zero attached hydrogens (tertiary/aromatic N) is 2. The second kappa shape index (κ2) is 7.91. The summed E-state index contributed by atoms with van der Waals surface area (Å²) in [5, 5.41) is 2.97. The fourth-order valence-electron chi connectivity index (χ4n) is 3.62. The van der Waals surface area contributed by atoms with Crippen molar-refractivity contribution in [3.8, 4) is 0 Å². The van der Waals surface area contributed by atoms with Gasteiger partial charge in [-0.1, -0.05) is 37.3 Å². The number of imide groups is 2. The zero-order valence-electron chi connectivity index (χ0n) is 16.8. The molecule has 2 heterocycles. The van der Waals surface area contributed by atoms with E-state index in [1.807, 2.05) is 43.3 Å². The average molecular weight is 416 g/mol. The van der Waals surface area contributed by atoms with Crippen LogP contribution in [0.1, 0.15) is 18.1 Å². The molecule has 0 unspecified atom stereocenters. The van der Waals surface area contributed by atoms with E-state index in [0.29, 0.717) is 11.3 Å². The highest BCUT2D eigenvalue weighted by molar-refractivity contribution is 6.39. The van der Waals surface area contributed by atoms with E-state index in [4.69, 9.17) is 5.73 Å². The number of para-hydroxylation sites is 1. The lowest BCUT2D eigenvalue weighted by Crippen LogP contribution is -2.54. The molecule has 2 aromatic carbocycles. The van der Waals surface area contributed by atoms with E-state index in [1.54, 1.807) is 22.9 Å². The molecular weight excluding hydrogens is 396 g/mol. The van der Waals surface area contributed by atoms with Crippen molar-refractivity contribution < 1.29 is 19.2 Å². The van der Waals surface area contributed by atoms with Gasteiger partial charge in [-0.15, -0.1) is 0 Å². The number of barbiturate groups is 1. The Kier molecular flexibility index (Phi) is 5.12. The number of carbonyl (C=O) groups is 4. The minimum atomic E-state index is -0.799. The van der Waals surface area contributed by atoms with Crippen LogP contribution < -0.4 is 16.0 Å². The lowest BCUT2D eigenvalue weighted by Gasteiger charge is -2.26. The van der Waals surface area contributed by atoms with E-state index in [9.17, 15) is 19.2 Å². The van der Waals surface area contributed by atoms with Crippen LogP contribution in [-0.4, -0.2) is 28.3 Å². The number of primary amides is 1. The van der Waals surface area contributed by atoms with E-state index < -0.39 is 23.8 Å². The smallest absolute Gasteiger partial charge is 0.335 e. The van der Waals surface area contributed by atoms with Crippen LogP contribution in [0.15, 0.2) is 60.3 Å². The predicted octanol–water partition coefficient (Wildman–Crippen LogP) is 2.36. The third-order valence-corrected chi connectivity index (χ3v) is 5.15. The van der Waals surface area contributed by atoms with Gasteiger partial charge in [0.15, 0.2) is 0 Å². The summed E-state index contributed by atoms with van der Waals surface area (Å²) in [7, 11) is 0. The summed E-state index contributed by atoms with van der Waals surface area (Å²) in [4.78, 5) is 50.4. The molecule has 156 valence electrons. The molecule has 1 saturated heterocycles. The van der Waals surface area contributed by atoms with Crippen LogP contribution in [0.5, 0.6) is 0 Å². The molecule has 1 aliphatic heterocycles. The van der Waals surface area contributed by atoms with E-state index in [-0.39, 0.29) is 12.1 Å². The van der Waals surface area contributed by atoms with E-state index in [1.165, 1.54) is 6.08 Å². The van der Waals surface area contributed by atoms with Crippen LogP contribution in [0.3, 0.4) is 0 Å². The number of amides is 5. The molecule has 5 amide bonds. The van der Waals surface area contributed by atoms with E-state index in [2.05, 4.69) is 5.32 Å². The zero-order chi connectivity index (χ0) is 22.1. The molecule has 0 aliphatic carbocycles. The second-order valence-electron chi connectivity index (χ2n) is 7.17. The van der Waals surface area contributed by atoms with Gasteiger partial charge in [-0.3, -0.25) is 19.7 Å². The lowest BCUT2D eigenvalue weighted by atomic mass is 10.1. The SMILES string of the molecule is CCc1ccc(N2C(=O)NC(=O)C(=Cc3cn(CC(N)=O)c4ccccc34)C2=O)cc1. The number of hydrogen-bond donors (Lipinski definition) is 2. The van der Waals surface area contributed by atoms with Gasteiger partial charge in [0.05, 0.1) is 5.69 Å². The summed E-state index contributed by atoms with van der Waals surface area (Å²) < 4.78 is 1.65. The lowest BCUT2D eigenvalue weighted by molar-refractivity contribution is -0.122. The number of benzene rings is 2. The molecule has 0 spiro atoms. The summed E-state index contributed by atoms with van der Waals surface area (Å²) in [6, 6.07) is 13.5. The fraction of sp³-hybridized carbons (Fsp3) is 0.130. The fourth-order valence-corrected chi connectivity index (χ4v) is 3.62. The summed E-state index contributed by atoms with van der Waals surface area (Å²) in [6.07, 6.45) is 3.90. The van der Waals surface area contributed by atoms with Crippen molar-refractivity contribution in [3.05, 3.63) is 71.4 Å². The molecule has 0 saturated carbocycles. The Bertz CT molecular complexity index is 1250. The average Bonchev–Trinajstić information content (AvgIpc) is 3.08. The molecule has 0 radical (unpaired) electrons. The van der Waals surface area contributed by atoms with Crippen LogP contribution in [-0.2, 0) is 27.3 Å². The predicted molar refractivity (Wildman–Crippen MR) is 116 cm³/mol. The zero-order valence-corrected chi connectivity index (χ0v) is 16.8. The first-order valence-electron chi connectivity index (χ1n) is 9.75. The highest BCUT2D eigenvalue weighted by Crippen LogP contribution is 2.26. The first-order chi connectivity index (χ1) is 14.9. The second-order valence-corrected chi connectivity index (χ2v) is 7.17. The maximum absolute atomic E-state index is 13.1. The number of aryl methyl sites for hydroxylation is 1. The Hall–Kier alpha value is -4.20. The van der Waals surface area contributed by atoms with Crippen LogP contribution in [0.4, 0.5) is 10.5 Å². The normalized spacial score (nSPS) is 15.6. The molecule has 31 heavy (non-hydrogen) atoms. The largest absolute Gasteiger partial charge is 0.368 e.